The van der Waals surface area contributed by atoms with Crippen LogP contribution in [-0.4, -0.2) is 10.9 Å². The average molecular weight is 295 g/mol. The molecule has 102 valence electrons. The van der Waals surface area contributed by atoms with E-state index >= 15 is 0 Å². The maximum absolute atomic E-state index is 12.1. The number of amides is 1. The number of nitrogens with zero attached hydrogens (tertiary/aromatic N) is 1. The zero-order chi connectivity index (χ0) is 14.0. The van der Waals surface area contributed by atoms with E-state index in [0.717, 1.165) is 5.01 Å². The van der Waals surface area contributed by atoms with E-state index in [1.807, 2.05) is 6.92 Å². The van der Waals surface area contributed by atoms with E-state index < -0.39 is 0 Å². The first-order valence-corrected chi connectivity index (χ1v) is 7.73. The summed E-state index contributed by atoms with van der Waals surface area (Å²) in [4.78, 5) is 18.8. The van der Waals surface area contributed by atoms with Gasteiger partial charge in [-0.05, 0) is 32.4 Å². The van der Waals surface area contributed by atoms with E-state index in [0.29, 0.717) is 12.2 Å². The fraction of sp³-hybridized carbons (Fsp3) is 0.385. The Morgan fingerprint density at radius 1 is 1.53 bits per heavy atom. The average Bonchev–Trinajstić information content (AvgIpc) is 2.95. The summed E-state index contributed by atoms with van der Waals surface area (Å²) in [7, 11) is 0. The minimum Gasteiger partial charge on any atom is -0.344 e. The van der Waals surface area contributed by atoms with Crippen LogP contribution in [0, 0.1) is 13.8 Å². The third kappa shape index (κ3) is 3.20. The van der Waals surface area contributed by atoms with Crippen LogP contribution < -0.4 is 11.1 Å². The number of hydrogen-bond donors (Lipinski definition) is 2. The van der Waals surface area contributed by atoms with E-state index in [1.165, 1.54) is 26.7 Å². The number of rotatable bonds is 4. The van der Waals surface area contributed by atoms with Crippen molar-refractivity contribution < 1.29 is 4.79 Å². The summed E-state index contributed by atoms with van der Waals surface area (Å²) in [5.74, 6) is -0.147. The van der Waals surface area contributed by atoms with Crippen LogP contribution in [0.15, 0.2) is 11.4 Å². The van der Waals surface area contributed by atoms with Crippen LogP contribution in [0.3, 0.4) is 0 Å². The molecule has 2 rings (SSSR count). The Kier molecular flexibility index (Phi) is 4.34. The van der Waals surface area contributed by atoms with Gasteiger partial charge in [-0.25, -0.2) is 4.98 Å². The van der Waals surface area contributed by atoms with E-state index in [1.54, 1.807) is 16.7 Å². The highest BCUT2D eigenvalue weighted by Crippen LogP contribution is 2.26. The largest absolute Gasteiger partial charge is 0.344 e. The Morgan fingerprint density at radius 3 is 2.79 bits per heavy atom. The lowest BCUT2D eigenvalue weighted by atomic mass is 10.1. The van der Waals surface area contributed by atoms with Crippen molar-refractivity contribution in [1.82, 2.24) is 10.3 Å². The molecule has 0 spiro atoms. The van der Waals surface area contributed by atoms with Crippen molar-refractivity contribution in [3.05, 3.63) is 37.5 Å². The molecule has 4 nitrogen and oxygen atoms in total. The highest BCUT2D eigenvalue weighted by molar-refractivity contribution is 7.12. The molecule has 3 N–H and O–H groups in total. The monoisotopic (exact) mass is 295 g/mol. The number of aryl methyl sites for hydroxylation is 2. The van der Waals surface area contributed by atoms with Crippen LogP contribution >= 0.6 is 22.7 Å². The van der Waals surface area contributed by atoms with Crippen LogP contribution in [0.4, 0.5) is 0 Å². The normalized spacial score (nSPS) is 12.4. The third-order valence-corrected chi connectivity index (χ3v) is 4.71. The summed E-state index contributed by atoms with van der Waals surface area (Å²) >= 11 is 3.16. The maximum Gasteiger partial charge on any atom is 0.271 e. The van der Waals surface area contributed by atoms with Crippen LogP contribution in [0.1, 0.15) is 43.8 Å². The maximum atomic E-state index is 12.1. The summed E-state index contributed by atoms with van der Waals surface area (Å²) in [5.41, 5.74) is 7.11. The molecule has 0 aromatic carbocycles. The Labute approximate surface area is 120 Å². The lowest BCUT2D eigenvalue weighted by molar-refractivity contribution is 0.0935. The highest BCUT2D eigenvalue weighted by atomic mass is 32.1. The fourth-order valence-corrected chi connectivity index (χ4v) is 3.61. The molecule has 2 aromatic heterocycles. The van der Waals surface area contributed by atoms with Gasteiger partial charge in [-0.3, -0.25) is 4.79 Å². The van der Waals surface area contributed by atoms with Gasteiger partial charge < -0.3 is 11.1 Å². The molecule has 0 saturated heterocycles. The molecule has 0 bridgehead atoms. The van der Waals surface area contributed by atoms with Gasteiger partial charge in [0.15, 0.2) is 0 Å². The molecule has 1 amide bonds. The summed E-state index contributed by atoms with van der Waals surface area (Å²) < 4.78 is 0. The molecular weight excluding hydrogens is 278 g/mol. The van der Waals surface area contributed by atoms with Crippen LogP contribution in [-0.2, 0) is 6.54 Å². The van der Waals surface area contributed by atoms with E-state index in [4.69, 9.17) is 5.73 Å². The second-order valence-electron chi connectivity index (χ2n) is 4.39. The van der Waals surface area contributed by atoms with Gasteiger partial charge in [0.25, 0.3) is 5.91 Å². The predicted octanol–water partition coefficient (Wildman–Crippen LogP) is 2.77. The zero-order valence-electron chi connectivity index (χ0n) is 11.2. The van der Waals surface area contributed by atoms with Crippen molar-refractivity contribution in [3.63, 3.8) is 0 Å². The number of nitrogens with one attached hydrogen (secondary N) is 1. The summed E-state index contributed by atoms with van der Waals surface area (Å²) in [5, 5.41) is 5.50. The number of carbonyl (C=O) groups is 1. The number of carbonyl (C=O) groups excluding carboxylic acids is 1. The van der Waals surface area contributed by atoms with Gasteiger partial charge in [0, 0.05) is 21.7 Å². The quantitative estimate of drug-likeness (QED) is 0.911. The lowest BCUT2D eigenvalue weighted by Gasteiger charge is -2.12. The van der Waals surface area contributed by atoms with Gasteiger partial charge in [-0.2, -0.15) is 0 Å². The molecule has 0 aliphatic carbocycles. The second-order valence-corrected chi connectivity index (χ2v) is 6.80. The molecule has 0 aliphatic rings. The molecular formula is C13H17N3OS2. The molecule has 19 heavy (non-hydrogen) atoms. The molecule has 1 atom stereocenters. The molecule has 0 aliphatic heterocycles. The molecule has 0 radical (unpaired) electrons. The Hall–Kier alpha value is -1.24. The van der Waals surface area contributed by atoms with Crippen molar-refractivity contribution in [1.29, 1.82) is 0 Å². The number of nitrogens with two attached hydrogens (primary N) is 1. The number of thiophene rings is 1. The number of hydrogen-bond acceptors (Lipinski definition) is 5. The first-order valence-electron chi connectivity index (χ1n) is 6.03. The van der Waals surface area contributed by atoms with Crippen molar-refractivity contribution in [2.45, 2.75) is 33.4 Å². The van der Waals surface area contributed by atoms with E-state index in [9.17, 15) is 4.79 Å². The molecule has 6 heteroatoms. The van der Waals surface area contributed by atoms with Gasteiger partial charge in [-0.15, -0.1) is 22.7 Å². The topological polar surface area (TPSA) is 68.0 Å². The third-order valence-electron chi connectivity index (χ3n) is 2.85. The van der Waals surface area contributed by atoms with Gasteiger partial charge in [0.2, 0.25) is 0 Å². The van der Waals surface area contributed by atoms with Crippen molar-refractivity contribution in [2.24, 2.45) is 5.73 Å². The lowest BCUT2D eigenvalue weighted by Crippen LogP contribution is -2.27. The summed E-state index contributed by atoms with van der Waals surface area (Å²) in [6.07, 6.45) is 0. The summed E-state index contributed by atoms with van der Waals surface area (Å²) in [6, 6.07) is 2.11. The van der Waals surface area contributed by atoms with Crippen LogP contribution in [0.2, 0.25) is 0 Å². The predicted molar refractivity (Wildman–Crippen MR) is 79.7 cm³/mol. The van der Waals surface area contributed by atoms with Crippen LogP contribution in [0.5, 0.6) is 0 Å². The molecule has 2 heterocycles. The SMILES string of the molecule is Cc1cc(C(C)NC(=O)c2csc(CN)n2)c(C)s1. The minimum absolute atomic E-state index is 0.0134. The Balaban J connectivity index is 2.08. The van der Waals surface area contributed by atoms with Crippen molar-refractivity contribution in [2.75, 3.05) is 0 Å². The Morgan fingerprint density at radius 2 is 2.26 bits per heavy atom. The molecule has 1 unspecified atom stereocenters. The second kappa shape index (κ2) is 5.81. The molecule has 0 saturated carbocycles. The van der Waals surface area contributed by atoms with Gasteiger partial charge >= 0.3 is 0 Å². The van der Waals surface area contributed by atoms with Gasteiger partial charge in [0.1, 0.15) is 10.7 Å². The minimum atomic E-state index is -0.147. The van der Waals surface area contributed by atoms with Crippen LogP contribution in [0.25, 0.3) is 0 Å². The number of aromatic nitrogens is 1. The molecule has 2 aromatic rings. The smallest absolute Gasteiger partial charge is 0.271 e. The van der Waals surface area contributed by atoms with E-state index in [2.05, 4.69) is 30.2 Å². The summed E-state index contributed by atoms with van der Waals surface area (Å²) in [6.45, 7) is 6.51. The van der Waals surface area contributed by atoms with Crippen molar-refractivity contribution in [3.8, 4) is 0 Å². The first kappa shape index (κ1) is 14.2. The highest BCUT2D eigenvalue weighted by Gasteiger charge is 2.16. The number of thiazole rings is 1. The van der Waals surface area contributed by atoms with E-state index in [-0.39, 0.29) is 11.9 Å². The molecule has 0 fully saturated rings. The Bertz CT molecular complexity index is 588. The van der Waals surface area contributed by atoms with Crippen molar-refractivity contribution >= 4 is 28.6 Å². The zero-order valence-corrected chi connectivity index (χ0v) is 12.8. The fourth-order valence-electron chi connectivity index (χ4n) is 1.94. The standard InChI is InChI=1S/C13H17N3OS2/c1-7-4-10(9(3)19-7)8(2)15-13(17)11-6-18-12(5-14)16-11/h4,6,8H,5,14H2,1-3H3,(H,15,17). The van der Waals surface area contributed by atoms with Gasteiger partial charge in [-0.1, -0.05) is 0 Å². The van der Waals surface area contributed by atoms with Gasteiger partial charge in [0.05, 0.1) is 6.04 Å². The first-order chi connectivity index (χ1) is 9.01.